The fourth-order valence-electron chi connectivity index (χ4n) is 1.45. The third kappa shape index (κ3) is 3.79. The van der Waals surface area contributed by atoms with Crippen molar-refractivity contribution in [1.82, 2.24) is 0 Å². The summed E-state index contributed by atoms with van der Waals surface area (Å²) in [6, 6.07) is 5.45. The molecule has 0 aliphatic rings. The van der Waals surface area contributed by atoms with Crippen LogP contribution in [0, 0.1) is 5.41 Å². The summed E-state index contributed by atoms with van der Waals surface area (Å²) in [6.07, 6.45) is -0.648. The van der Waals surface area contributed by atoms with Gasteiger partial charge in [0, 0.05) is 8.95 Å². The molecule has 1 atom stereocenters. The molecule has 0 heterocycles. The second kappa shape index (κ2) is 5.50. The van der Waals surface area contributed by atoms with Crippen LogP contribution in [0.1, 0.15) is 31.9 Å². The lowest BCUT2D eigenvalue weighted by molar-refractivity contribution is -0.148. The Hall–Kier alpha value is -0.390. The lowest BCUT2D eigenvalue weighted by Gasteiger charge is -2.23. The maximum absolute atomic E-state index is 11.0. The largest absolute Gasteiger partial charge is 0.481 e. The zero-order valence-corrected chi connectivity index (χ0v) is 12.7. The number of carboxylic acids is 1. The molecular formula is C12H14Br2O3. The number of carboxylic acid groups (broad SMARTS) is 1. The fraction of sp³-hybridized carbons (Fsp3) is 0.417. The van der Waals surface area contributed by atoms with Crippen LogP contribution >= 0.6 is 31.9 Å². The minimum Gasteiger partial charge on any atom is -0.481 e. The maximum Gasteiger partial charge on any atom is 0.309 e. The van der Waals surface area contributed by atoms with Gasteiger partial charge in [0.25, 0.3) is 0 Å². The molecule has 0 saturated heterocycles. The van der Waals surface area contributed by atoms with Gasteiger partial charge in [-0.3, -0.25) is 4.79 Å². The van der Waals surface area contributed by atoms with E-state index in [1.807, 2.05) is 12.1 Å². The highest BCUT2D eigenvalue weighted by atomic mass is 79.9. The highest BCUT2D eigenvalue weighted by Crippen LogP contribution is 2.34. The van der Waals surface area contributed by atoms with Gasteiger partial charge in [0.15, 0.2) is 0 Å². The molecule has 1 unspecified atom stereocenters. The van der Waals surface area contributed by atoms with Crippen molar-refractivity contribution in [3.63, 3.8) is 0 Å². The van der Waals surface area contributed by atoms with Crippen molar-refractivity contribution in [2.24, 2.45) is 5.41 Å². The molecule has 1 rings (SSSR count). The lowest BCUT2D eigenvalue weighted by atomic mass is 9.85. The van der Waals surface area contributed by atoms with Crippen LogP contribution in [0.25, 0.3) is 0 Å². The third-order valence-corrected chi connectivity index (χ3v) is 3.82. The molecule has 0 spiro atoms. The van der Waals surface area contributed by atoms with Crippen molar-refractivity contribution in [3.05, 3.63) is 32.7 Å². The van der Waals surface area contributed by atoms with Crippen LogP contribution in [-0.2, 0) is 4.79 Å². The van der Waals surface area contributed by atoms with E-state index < -0.39 is 17.5 Å². The van der Waals surface area contributed by atoms with Crippen LogP contribution in [0.4, 0.5) is 0 Å². The Labute approximate surface area is 117 Å². The molecule has 17 heavy (non-hydrogen) atoms. The first-order chi connectivity index (χ1) is 7.74. The molecule has 5 heteroatoms. The molecule has 0 bridgehead atoms. The average molecular weight is 366 g/mol. The highest BCUT2D eigenvalue weighted by molar-refractivity contribution is 9.11. The van der Waals surface area contributed by atoms with Crippen molar-refractivity contribution in [2.45, 2.75) is 26.4 Å². The number of aliphatic hydroxyl groups is 1. The minimum absolute atomic E-state index is 0.164. The lowest BCUT2D eigenvalue weighted by Crippen LogP contribution is -2.26. The van der Waals surface area contributed by atoms with Gasteiger partial charge in [-0.1, -0.05) is 31.9 Å². The molecule has 0 amide bonds. The van der Waals surface area contributed by atoms with Crippen molar-refractivity contribution in [1.29, 1.82) is 0 Å². The molecule has 0 aromatic heterocycles. The summed E-state index contributed by atoms with van der Waals surface area (Å²) in [6.45, 7) is 3.20. The van der Waals surface area contributed by atoms with Crippen molar-refractivity contribution in [3.8, 4) is 0 Å². The van der Waals surface area contributed by atoms with Crippen LogP contribution in [0.5, 0.6) is 0 Å². The number of aliphatic carboxylic acids is 1. The van der Waals surface area contributed by atoms with E-state index in [1.165, 1.54) is 0 Å². The van der Waals surface area contributed by atoms with Crippen LogP contribution in [-0.4, -0.2) is 16.2 Å². The topological polar surface area (TPSA) is 57.5 Å². The SMILES string of the molecule is CC(C)(CC(O)c1cc(Br)ccc1Br)C(=O)O. The molecule has 0 radical (unpaired) electrons. The second-order valence-corrected chi connectivity index (χ2v) is 6.34. The molecular weight excluding hydrogens is 352 g/mol. The number of rotatable bonds is 4. The standard InChI is InChI=1S/C12H14Br2O3/c1-12(2,11(16)17)6-10(15)8-5-7(13)3-4-9(8)14/h3-5,10,15H,6H2,1-2H3,(H,16,17). The van der Waals surface area contributed by atoms with Gasteiger partial charge in [0.05, 0.1) is 11.5 Å². The number of halogens is 2. The van der Waals surface area contributed by atoms with E-state index in [1.54, 1.807) is 19.9 Å². The smallest absolute Gasteiger partial charge is 0.309 e. The molecule has 94 valence electrons. The van der Waals surface area contributed by atoms with Gasteiger partial charge in [0.2, 0.25) is 0 Å². The number of hydrogen-bond acceptors (Lipinski definition) is 2. The van der Waals surface area contributed by atoms with E-state index in [0.717, 1.165) is 8.95 Å². The van der Waals surface area contributed by atoms with Gasteiger partial charge in [-0.2, -0.15) is 0 Å². The Kier molecular flexibility index (Phi) is 4.75. The van der Waals surface area contributed by atoms with Crippen LogP contribution in [0.3, 0.4) is 0 Å². The van der Waals surface area contributed by atoms with E-state index >= 15 is 0 Å². The van der Waals surface area contributed by atoms with Gasteiger partial charge in [0.1, 0.15) is 0 Å². The van der Waals surface area contributed by atoms with Crippen molar-refractivity contribution >= 4 is 37.8 Å². The molecule has 2 N–H and O–H groups in total. The van der Waals surface area contributed by atoms with E-state index in [0.29, 0.717) is 5.56 Å². The summed E-state index contributed by atoms with van der Waals surface area (Å²) >= 11 is 6.67. The molecule has 0 saturated carbocycles. The van der Waals surface area contributed by atoms with E-state index in [2.05, 4.69) is 31.9 Å². The third-order valence-electron chi connectivity index (χ3n) is 2.60. The summed E-state index contributed by atoms with van der Waals surface area (Å²) < 4.78 is 1.62. The van der Waals surface area contributed by atoms with Gasteiger partial charge in [-0.25, -0.2) is 0 Å². The number of benzene rings is 1. The molecule has 0 aliphatic heterocycles. The van der Waals surface area contributed by atoms with Crippen LogP contribution in [0.15, 0.2) is 27.1 Å². The first kappa shape index (κ1) is 14.7. The summed E-state index contributed by atoms with van der Waals surface area (Å²) in [4.78, 5) is 11.0. The summed E-state index contributed by atoms with van der Waals surface area (Å²) in [5.41, 5.74) is -0.269. The maximum atomic E-state index is 11.0. The number of hydrogen-bond donors (Lipinski definition) is 2. The fourth-order valence-corrected chi connectivity index (χ4v) is 2.34. The predicted octanol–water partition coefficient (Wildman–Crippen LogP) is 3.75. The zero-order valence-electron chi connectivity index (χ0n) is 9.58. The average Bonchev–Trinajstić information content (AvgIpc) is 2.20. The molecule has 1 aromatic carbocycles. The first-order valence-electron chi connectivity index (χ1n) is 5.10. The quantitative estimate of drug-likeness (QED) is 0.854. The summed E-state index contributed by atoms with van der Waals surface area (Å²) in [5.74, 6) is -0.914. The van der Waals surface area contributed by atoms with Crippen molar-refractivity contribution in [2.75, 3.05) is 0 Å². The highest BCUT2D eigenvalue weighted by Gasteiger charge is 2.31. The van der Waals surface area contributed by atoms with Crippen molar-refractivity contribution < 1.29 is 15.0 Å². The normalized spacial score (nSPS) is 13.5. The van der Waals surface area contributed by atoms with E-state index in [4.69, 9.17) is 5.11 Å². The van der Waals surface area contributed by atoms with E-state index in [9.17, 15) is 9.90 Å². The Balaban J connectivity index is 2.94. The Morgan fingerprint density at radius 2 is 2.00 bits per heavy atom. The molecule has 0 aliphatic carbocycles. The molecule has 3 nitrogen and oxygen atoms in total. The first-order valence-corrected chi connectivity index (χ1v) is 6.69. The van der Waals surface area contributed by atoms with Gasteiger partial charge < -0.3 is 10.2 Å². The monoisotopic (exact) mass is 364 g/mol. The Morgan fingerprint density at radius 1 is 1.41 bits per heavy atom. The van der Waals surface area contributed by atoms with Crippen LogP contribution in [0.2, 0.25) is 0 Å². The second-order valence-electron chi connectivity index (χ2n) is 4.57. The zero-order chi connectivity index (χ0) is 13.2. The Morgan fingerprint density at radius 3 is 2.53 bits per heavy atom. The number of aliphatic hydroxyl groups excluding tert-OH is 1. The molecule has 1 aromatic rings. The summed E-state index contributed by atoms with van der Waals surface area (Å²) in [5, 5.41) is 19.1. The van der Waals surface area contributed by atoms with Gasteiger partial charge in [-0.05, 0) is 44.0 Å². The van der Waals surface area contributed by atoms with E-state index in [-0.39, 0.29) is 6.42 Å². The predicted molar refractivity (Wildman–Crippen MR) is 72.8 cm³/mol. The van der Waals surface area contributed by atoms with Gasteiger partial charge >= 0.3 is 5.97 Å². The minimum atomic E-state index is -0.957. The van der Waals surface area contributed by atoms with Crippen LogP contribution < -0.4 is 0 Å². The molecule has 0 fully saturated rings. The number of carbonyl (C=O) groups is 1. The Bertz CT molecular complexity index is 430. The summed E-state index contributed by atoms with van der Waals surface area (Å²) in [7, 11) is 0. The van der Waals surface area contributed by atoms with Gasteiger partial charge in [-0.15, -0.1) is 0 Å².